The highest BCUT2D eigenvalue weighted by Crippen LogP contribution is 2.34. The minimum atomic E-state index is -3.86. The molecule has 1 amide bonds. The number of amides is 1. The second-order valence-corrected chi connectivity index (χ2v) is 6.81. The molecule has 0 unspecified atom stereocenters. The Hall–Kier alpha value is -1.80. The van der Waals surface area contributed by atoms with E-state index in [0.717, 1.165) is 18.4 Å². The first kappa shape index (κ1) is 15.6. The molecule has 1 aliphatic heterocycles. The minimum Gasteiger partial charge on any atom is -0.492 e. The average molecular weight is 313 g/mol. The number of sulfonamides is 1. The van der Waals surface area contributed by atoms with E-state index < -0.39 is 10.0 Å². The summed E-state index contributed by atoms with van der Waals surface area (Å²) in [6.07, 6.45) is 1.54. The highest BCUT2D eigenvalue weighted by molar-refractivity contribution is 7.89. The summed E-state index contributed by atoms with van der Waals surface area (Å²) in [5, 5.41) is 0. The lowest BCUT2D eigenvalue weighted by Gasteiger charge is -2.21. The standard InChI is InChI=1S/C13H19N3O4S/c1-16(2)12(17)8-15-21(18,19)11-7-10(14)6-9-4-3-5-20-13(9)11/h6-7,15H,3-5,8,14H2,1-2H3. The van der Waals surface area contributed by atoms with Crippen molar-refractivity contribution in [3.05, 3.63) is 17.7 Å². The van der Waals surface area contributed by atoms with E-state index in [1.165, 1.54) is 11.0 Å². The zero-order chi connectivity index (χ0) is 15.6. The molecule has 0 radical (unpaired) electrons. The number of nitrogen functional groups attached to an aromatic ring is 1. The van der Waals surface area contributed by atoms with E-state index in [9.17, 15) is 13.2 Å². The molecule has 7 nitrogen and oxygen atoms in total. The van der Waals surface area contributed by atoms with Crippen LogP contribution in [0.25, 0.3) is 0 Å². The van der Waals surface area contributed by atoms with Gasteiger partial charge in [-0.15, -0.1) is 0 Å². The smallest absolute Gasteiger partial charge is 0.244 e. The predicted molar refractivity (Wildman–Crippen MR) is 78.6 cm³/mol. The number of likely N-dealkylation sites (N-methyl/N-ethyl adjacent to an activating group) is 1. The lowest BCUT2D eigenvalue weighted by atomic mass is 10.1. The molecule has 0 saturated heterocycles. The summed E-state index contributed by atoms with van der Waals surface area (Å²) in [7, 11) is -0.740. The van der Waals surface area contributed by atoms with Crippen molar-refractivity contribution in [2.24, 2.45) is 0 Å². The number of carbonyl (C=O) groups is 1. The second kappa shape index (κ2) is 5.90. The number of aryl methyl sites for hydroxylation is 1. The predicted octanol–water partition coefficient (Wildman–Crippen LogP) is -0.0397. The Labute approximate surface area is 124 Å². The first-order chi connectivity index (χ1) is 9.81. The molecule has 0 saturated carbocycles. The molecule has 0 aromatic heterocycles. The van der Waals surface area contributed by atoms with Gasteiger partial charge in [0, 0.05) is 19.8 Å². The zero-order valence-electron chi connectivity index (χ0n) is 12.0. The molecule has 0 fully saturated rings. The highest BCUT2D eigenvalue weighted by Gasteiger charge is 2.25. The first-order valence-corrected chi connectivity index (χ1v) is 8.04. The fourth-order valence-electron chi connectivity index (χ4n) is 2.06. The molecule has 2 rings (SSSR count). The number of fused-ring (bicyclic) bond motifs is 1. The number of nitrogens with two attached hydrogens (primary N) is 1. The summed E-state index contributed by atoms with van der Waals surface area (Å²) in [5.74, 6) is -0.00230. The Morgan fingerprint density at radius 2 is 2.14 bits per heavy atom. The molecule has 1 aromatic carbocycles. The number of hydrogen-bond donors (Lipinski definition) is 2. The zero-order valence-corrected chi connectivity index (χ0v) is 12.9. The van der Waals surface area contributed by atoms with Crippen molar-refractivity contribution >= 4 is 21.6 Å². The van der Waals surface area contributed by atoms with Crippen LogP contribution in [0.5, 0.6) is 5.75 Å². The van der Waals surface area contributed by atoms with Crippen LogP contribution in [0.2, 0.25) is 0 Å². The van der Waals surface area contributed by atoms with Crippen molar-refractivity contribution in [1.29, 1.82) is 0 Å². The summed E-state index contributed by atoms with van der Waals surface area (Å²) in [4.78, 5) is 12.8. The minimum absolute atomic E-state index is 0.0104. The van der Waals surface area contributed by atoms with Gasteiger partial charge in [-0.3, -0.25) is 4.79 Å². The van der Waals surface area contributed by atoms with Gasteiger partial charge in [-0.05, 0) is 30.5 Å². The third-order valence-electron chi connectivity index (χ3n) is 3.19. The fourth-order valence-corrected chi connectivity index (χ4v) is 3.26. The van der Waals surface area contributed by atoms with Gasteiger partial charge in [-0.2, -0.15) is 0 Å². The number of nitrogens with one attached hydrogen (secondary N) is 1. The summed E-state index contributed by atoms with van der Waals surface area (Å²) < 4.78 is 32.5. The molecule has 0 spiro atoms. The summed E-state index contributed by atoms with van der Waals surface area (Å²) >= 11 is 0. The number of ether oxygens (including phenoxy) is 1. The van der Waals surface area contributed by atoms with Crippen LogP contribution >= 0.6 is 0 Å². The van der Waals surface area contributed by atoms with Gasteiger partial charge >= 0.3 is 0 Å². The molecular weight excluding hydrogens is 294 g/mol. The van der Waals surface area contributed by atoms with Gasteiger partial charge in [-0.1, -0.05) is 0 Å². The second-order valence-electron chi connectivity index (χ2n) is 5.07. The molecule has 116 valence electrons. The van der Waals surface area contributed by atoms with Gasteiger partial charge in [0.15, 0.2) is 0 Å². The number of benzene rings is 1. The third-order valence-corrected chi connectivity index (χ3v) is 4.60. The number of anilines is 1. The fraction of sp³-hybridized carbons (Fsp3) is 0.462. The van der Waals surface area contributed by atoms with Crippen molar-refractivity contribution in [1.82, 2.24) is 9.62 Å². The van der Waals surface area contributed by atoms with Crippen molar-refractivity contribution in [3.63, 3.8) is 0 Å². The van der Waals surface area contributed by atoms with Crippen LogP contribution in [0.1, 0.15) is 12.0 Å². The van der Waals surface area contributed by atoms with E-state index in [-0.39, 0.29) is 17.3 Å². The van der Waals surface area contributed by atoms with Crippen LogP contribution in [0.15, 0.2) is 17.0 Å². The topological polar surface area (TPSA) is 102 Å². The van der Waals surface area contributed by atoms with E-state index in [1.807, 2.05) is 0 Å². The summed E-state index contributed by atoms with van der Waals surface area (Å²) in [6, 6.07) is 3.07. The average Bonchev–Trinajstić information content (AvgIpc) is 2.43. The summed E-state index contributed by atoms with van der Waals surface area (Å²) in [6.45, 7) is 0.162. The molecule has 1 aliphatic rings. The van der Waals surface area contributed by atoms with Crippen LogP contribution in [0.3, 0.4) is 0 Å². The van der Waals surface area contributed by atoms with Crippen molar-refractivity contribution in [3.8, 4) is 5.75 Å². The van der Waals surface area contributed by atoms with Gasteiger partial charge in [0.05, 0.1) is 13.2 Å². The number of hydrogen-bond acceptors (Lipinski definition) is 5. The van der Waals surface area contributed by atoms with Crippen molar-refractivity contribution in [2.45, 2.75) is 17.7 Å². The molecule has 1 aromatic rings. The van der Waals surface area contributed by atoms with Crippen LogP contribution in [0.4, 0.5) is 5.69 Å². The Kier molecular flexibility index (Phi) is 4.38. The normalized spacial score (nSPS) is 14.2. The molecule has 0 bridgehead atoms. The Bertz CT molecular complexity index is 656. The van der Waals surface area contributed by atoms with Crippen LogP contribution in [0, 0.1) is 0 Å². The van der Waals surface area contributed by atoms with Crippen molar-refractivity contribution in [2.75, 3.05) is 33.0 Å². The first-order valence-electron chi connectivity index (χ1n) is 6.56. The molecule has 3 N–H and O–H groups in total. The van der Waals surface area contributed by atoms with E-state index in [1.54, 1.807) is 20.2 Å². The quantitative estimate of drug-likeness (QED) is 0.760. The molecule has 21 heavy (non-hydrogen) atoms. The number of carbonyl (C=O) groups excluding carboxylic acids is 1. The van der Waals surface area contributed by atoms with Crippen LogP contribution in [-0.4, -0.2) is 46.5 Å². The maximum absolute atomic E-state index is 12.4. The van der Waals surface area contributed by atoms with Gasteiger partial charge in [0.25, 0.3) is 0 Å². The van der Waals surface area contributed by atoms with Crippen LogP contribution < -0.4 is 15.2 Å². The molecule has 0 aliphatic carbocycles. The lowest BCUT2D eigenvalue weighted by Crippen LogP contribution is -2.36. The molecular formula is C13H19N3O4S. The summed E-state index contributed by atoms with van der Waals surface area (Å²) in [5.41, 5.74) is 6.90. The largest absolute Gasteiger partial charge is 0.492 e. The third kappa shape index (κ3) is 3.45. The Balaban J connectivity index is 2.32. The number of nitrogens with zero attached hydrogens (tertiary/aromatic N) is 1. The Morgan fingerprint density at radius 3 is 2.81 bits per heavy atom. The monoisotopic (exact) mass is 313 g/mol. The van der Waals surface area contributed by atoms with Gasteiger partial charge in [0.2, 0.25) is 15.9 Å². The van der Waals surface area contributed by atoms with E-state index in [4.69, 9.17) is 10.5 Å². The molecule has 0 atom stereocenters. The van der Waals surface area contributed by atoms with E-state index in [2.05, 4.69) is 4.72 Å². The van der Waals surface area contributed by atoms with Crippen molar-refractivity contribution < 1.29 is 17.9 Å². The molecule has 8 heteroatoms. The van der Waals surface area contributed by atoms with E-state index >= 15 is 0 Å². The van der Waals surface area contributed by atoms with E-state index in [0.29, 0.717) is 18.0 Å². The van der Waals surface area contributed by atoms with Gasteiger partial charge in [0.1, 0.15) is 10.6 Å². The Morgan fingerprint density at radius 1 is 1.43 bits per heavy atom. The number of rotatable bonds is 4. The van der Waals surface area contributed by atoms with Crippen LogP contribution in [-0.2, 0) is 21.2 Å². The van der Waals surface area contributed by atoms with Gasteiger partial charge in [-0.25, -0.2) is 13.1 Å². The maximum atomic E-state index is 12.4. The lowest BCUT2D eigenvalue weighted by molar-refractivity contribution is -0.127. The maximum Gasteiger partial charge on any atom is 0.244 e. The molecule has 1 heterocycles. The van der Waals surface area contributed by atoms with Gasteiger partial charge < -0.3 is 15.4 Å². The SMILES string of the molecule is CN(C)C(=O)CNS(=O)(=O)c1cc(N)cc2c1OCCC2. The highest BCUT2D eigenvalue weighted by atomic mass is 32.2.